The number of pyridine rings is 1. The zero-order valence-electron chi connectivity index (χ0n) is 13.6. The minimum atomic E-state index is -0.156. The van der Waals surface area contributed by atoms with Crippen molar-refractivity contribution in [3.8, 4) is 11.1 Å². The van der Waals surface area contributed by atoms with Crippen LogP contribution < -0.4 is 5.32 Å². The summed E-state index contributed by atoms with van der Waals surface area (Å²) in [5, 5.41) is 7.37. The van der Waals surface area contributed by atoms with E-state index in [9.17, 15) is 4.79 Å². The molecule has 5 nitrogen and oxygen atoms in total. The van der Waals surface area contributed by atoms with E-state index in [0.29, 0.717) is 12.2 Å². The summed E-state index contributed by atoms with van der Waals surface area (Å²) in [6, 6.07) is 16.2. The van der Waals surface area contributed by atoms with Gasteiger partial charge in [-0.15, -0.1) is 0 Å². The van der Waals surface area contributed by atoms with Crippen LogP contribution >= 0.6 is 22.6 Å². The number of aromatic nitrogens is 2. The molecule has 0 spiro atoms. The van der Waals surface area contributed by atoms with Gasteiger partial charge in [0.15, 0.2) is 5.69 Å². The number of amides is 1. The first-order valence-corrected chi connectivity index (χ1v) is 9.43. The SMILES string of the molecule is O=C(NCC1CCCO1)c1cc2cc(-c3ccccc3)cc(I)n2n1. The molecule has 1 aromatic carbocycles. The standard InChI is InChI=1S/C19H18IN3O2/c20-18-10-14(13-5-2-1-3-6-13)9-15-11-17(22-23(15)18)19(24)21-12-16-7-4-8-25-16/h1-3,5-6,9-11,16H,4,7-8,12H2,(H,21,24). The van der Waals surface area contributed by atoms with Gasteiger partial charge in [0, 0.05) is 13.2 Å². The second kappa shape index (κ2) is 7.13. The van der Waals surface area contributed by atoms with Gasteiger partial charge in [0.05, 0.1) is 11.6 Å². The molecule has 25 heavy (non-hydrogen) atoms. The molecule has 0 radical (unpaired) electrons. The van der Waals surface area contributed by atoms with Crippen molar-refractivity contribution < 1.29 is 9.53 Å². The number of ether oxygens (including phenoxy) is 1. The maximum absolute atomic E-state index is 12.4. The molecule has 0 saturated carbocycles. The summed E-state index contributed by atoms with van der Waals surface area (Å²) in [4.78, 5) is 12.4. The molecule has 1 amide bonds. The fourth-order valence-corrected chi connectivity index (χ4v) is 3.79. The number of benzene rings is 1. The number of fused-ring (bicyclic) bond motifs is 1. The first kappa shape index (κ1) is 16.5. The zero-order valence-corrected chi connectivity index (χ0v) is 15.8. The number of hydrogen-bond donors (Lipinski definition) is 1. The second-order valence-corrected chi connectivity index (χ2v) is 7.25. The smallest absolute Gasteiger partial charge is 0.271 e. The van der Waals surface area contributed by atoms with Gasteiger partial charge in [-0.25, -0.2) is 4.52 Å². The van der Waals surface area contributed by atoms with Gasteiger partial charge in [-0.1, -0.05) is 30.3 Å². The number of carbonyl (C=O) groups excluding carboxylic acids is 1. The van der Waals surface area contributed by atoms with Crippen LogP contribution in [0.3, 0.4) is 0 Å². The summed E-state index contributed by atoms with van der Waals surface area (Å²) < 4.78 is 8.30. The van der Waals surface area contributed by atoms with E-state index in [4.69, 9.17) is 4.74 Å². The van der Waals surface area contributed by atoms with E-state index in [-0.39, 0.29) is 12.0 Å². The minimum absolute atomic E-state index is 0.130. The van der Waals surface area contributed by atoms with E-state index in [0.717, 1.165) is 39.8 Å². The summed E-state index contributed by atoms with van der Waals surface area (Å²) >= 11 is 2.25. The van der Waals surface area contributed by atoms with Crippen molar-refractivity contribution in [2.24, 2.45) is 0 Å². The van der Waals surface area contributed by atoms with Crippen molar-refractivity contribution in [2.75, 3.05) is 13.2 Å². The Morgan fingerprint density at radius 1 is 1.24 bits per heavy atom. The Balaban J connectivity index is 1.59. The van der Waals surface area contributed by atoms with Crippen LogP contribution in [0.4, 0.5) is 0 Å². The predicted octanol–water partition coefficient (Wildman–Crippen LogP) is 3.51. The lowest BCUT2D eigenvalue weighted by molar-refractivity contribution is 0.0853. The largest absolute Gasteiger partial charge is 0.376 e. The van der Waals surface area contributed by atoms with E-state index >= 15 is 0 Å². The van der Waals surface area contributed by atoms with E-state index in [1.165, 1.54) is 0 Å². The van der Waals surface area contributed by atoms with Gasteiger partial charge >= 0.3 is 0 Å². The highest BCUT2D eigenvalue weighted by Gasteiger charge is 2.18. The Bertz CT molecular complexity index is 902. The molecule has 1 N–H and O–H groups in total. The van der Waals surface area contributed by atoms with Crippen LogP contribution in [0.2, 0.25) is 0 Å². The molecule has 1 aliphatic rings. The van der Waals surface area contributed by atoms with Crippen LogP contribution in [0.1, 0.15) is 23.3 Å². The molecule has 3 aromatic rings. The number of nitrogens with zero attached hydrogens (tertiary/aromatic N) is 2. The van der Waals surface area contributed by atoms with E-state index in [1.54, 1.807) is 4.52 Å². The highest BCUT2D eigenvalue weighted by Crippen LogP contribution is 2.24. The maximum Gasteiger partial charge on any atom is 0.271 e. The average molecular weight is 447 g/mol. The van der Waals surface area contributed by atoms with Crippen molar-refractivity contribution in [1.29, 1.82) is 0 Å². The highest BCUT2D eigenvalue weighted by molar-refractivity contribution is 14.1. The normalized spacial score (nSPS) is 17.1. The predicted molar refractivity (Wildman–Crippen MR) is 105 cm³/mol. The molecule has 1 saturated heterocycles. The maximum atomic E-state index is 12.4. The molecule has 0 aliphatic carbocycles. The molecule has 6 heteroatoms. The Kier molecular flexibility index (Phi) is 4.72. The van der Waals surface area contributed by atoms with Crippen LogP contribution in [0.25, 0.3) is 16.6 Å². The van der Waals surface area contributed by atoms with E-state index < -0.39 is 0 Å². The van der Waals surface area contributed by atoms with E-state index in [2.05, 4.69) is 57.3 Å². The number of hydrogen-bond acceptors (Lipinski definition) is 3. The van der Waals surface area contributed by atoms with Gasteiger partial charge in [0.25, 0.3) is 5.91 Å². The monoisotopic (exact) mass is 447 g/mol. The molecule has 3 heterocycles. The van der Waals surface area contributed by atoms with Crippen molar-refractivity contribution in [3.05, 3.63) is 57.9 Å². The summed E-state index contributed by atoms with van der Waals surface area (Å²) in [5.74, 6) is -0.156. The number of rotatable bonds is 4. The van der Waals surface area contributed by atoms with Gasteiger partial charge in [-0.05, 0) is 64.8 Å². The molecule has 1 unspecified atom stereocenters. The fourth-order valence-electron chi connectivity index (χ4n) is 3.07. The summed E-state index contributed by atoms with van der Waals surface area (Å²) in [6.07, 6.45) is 2.20. The summed E-state index contributed by atoms with van der Waals surface area (Å²) in [5.41, 5.74) is 3.60. The minimum Gasteiger partial charge on any atom is -0.376 e. The Hall–Kier alpha value is -1.93. The zero-order chi connectivity index (χ0) is 17.2. The van der Waals surface area contributed by atoms with Gasteiger partial charge in [0.1, 0.15) is 3.70 Å². The Morgan fingerprint density at radius 3 is 2.84 bits per heavy atom. The van der Waals surface area contributed by atoms with Crippen LogP contribution in [-0.2, 0) is 4.74 Å². The lowest BCUT2D eigenvalue weighted by Gasteiger charge is -2.09. The highest BCUT2D eigenvalue weighted by atomic mass is 127. The molecule has 2 aromatic heterocycles. The summed E-state index contributed by atoms with van der Waals surface area (Å²) in [6.45, 7) is 1.33. The van der Waals surface area contributed by atoms with Gasteiger partial charge in [-0.3, -0.25) is 4.79 Å². The Morgan fingerprint density at radius 2 is 2.08 bits per heavy atom. The third kappa shape index (κ3) is 3.55. The first-order valence-electron chi connectivity index (χ1n) is 8.35. The molecular formula is C19H18IN3O2. The third-order valence-corrected chi connectivity index (χ3v) is 5.14. The van der Waals surface area contributed by atoms with Crippen LogP contribution in [0.5, 0.6) is 0 Å². The second-order valence-electron chi connectivity index (χ2n) is 6.14. The van der Waals surface area contributed by atoms with Crippen molar-refractivity contribution in [2.45, 2.75) is 18.9 Å². The lowest BCUT2D eigenvalue weighted by atomic mass is 10.1. The van der Waals surface area contributed by atoms with Crippen molar-refractivity contribution >= 4 is 34.0 Å². The molecule has 1 atom stereocenters. The quantitative estimate of drug-likeness (QED) is 0.492. The molecular weight excluding hydrogens is 429 g/mol. The Labute approximate surface area is 159 Å². The van der Waals surface area contributed by atoms with Gasteiger partial charge in [-0.2, -0.15) is 5.10 Å². The van der Waals surface area contributed by atoms with Crippen LogP contribution in [0.15, 0.2) is 48.5 Å². The number of nitrogens with one attached hydrogen (secondary N) is 1. The molecule has 128 valence electrons. The van der Waals surface area contributed by atoms with Gasteiger partial charge < -0.3 is 10.1 Å². The first-order chi connectivity index (χ1) is 12.2. The van der Waals surface area contributed by atoms with Crippen molar-refractivity contribution in [3.63, 3.8) is 0 Å². The number of carbonyl (C=O) groups is 1. The molecule has 1 fully saturated rings. The summed E-state index contributed by atoms with van der Waals surface area (Å²) in [7, 11) is 0. The van der Waals surface area contributed by atoms with Gasteiger partial charge in [0.2, 0.25) is 0 Å². The number of halogens is 1. The van der Waals surface area contributed by atoms with Crippen molar-refractivity contribution in [1.82, 2.24) is 14.9 Å². The van der Waals surface area contributed by atoms with Crippen LogP contribution in [0, 0.1) is 3.70 Å². The molecule has 4 rings (SSSR count). The molecule has 1 aliphatic heterocycles. The molecule has 0 bridgehead atoms. The average Bonchev–Trinajstić information content (AvgIpc) is 3.30. The topological polar surface area (TPSA) is 55.6 Å². The fraction of sp³-hybridized carbons (Fsp3) is 0.263. The van der Waals surface area contributed by atoms with E-state index in [1.807, 2.05) is 24.3 Å². The van der Waals surface area contributed by atoms with Crippen LogP contribution in [-0.4, -0.2) is 34.8 Å². The third-order valence-electron chi connectivity index (χ3n) is 4.37. The lowest BCUT2D eigenvalue weighted by Crippen LogP contribution is -2.32.